The average Bonchev–Trinajstić information content (AvgIpc) is 2.33. The van der Waals surface area contributed by atoms with E-state index >= 15 is 0 Å². The van der Waals surface area contributed by atoms with Gasteiger partial charge in [0.2, 0.25) is 0 Å². The van der Waals surface area contributed by atoms with Crippen molar-refractivity contribution in [2.24, 2.45) is 5.92 Å². The largest absolute Gasteiger partial charge is 0.353 e. The Morgan fingerprint density at radius 3 is 2.12 bits per heavy atom. The van der Waals surface area contributed by atoms with Gasteiger partial charge in [-0.15, -0.1) is 0 Å². The lowest BCUT2D eigenvalue weighted by molar-refractivity contribution is -0.237. The van der Waals surface area contributed by atoms with Crippen molar-refractivity contribution in [3.63, 3.8) is 0 Å². The van der Waals surface area contributed by atoms with Crippen LogP contribution in [0, 0.1) is 5.92 Å². The third kappa shape index (κ3) is 7.05. The minimum atomic E-state index is -0.405. The summed E-state index contributed by atoms with van der Waals surface area (Å²) in [5.74, 6) is 0.0525. The monoisotopic (exact) mass is 244 g/mol. The SMILES string of the molecule is CCCCCCCCC(C)C(C)(OC)OCC. The Morgan fingerprint density at radius 1 is 1.00 bits per heavy atom. The van der Waals surface area contributed by atoms with E-state index in [0.717, 1.165) is 0 Å². The lowest BCUT2D eigenvalue weighted by atomic mass is 9.94. The molecule has 0 heterocycles. The fourth-order valence-corrected chi connectivity index (χ4v) is 2.18. The molecule has 17 heavy (non-hydrogen) atoms. The standard InChI is InChI=1S/C15H32O2/c1-6-8-9-10-11-12-13-14(3)15(4,16-5)17-7-2/h14H,6-13H2,1-5H3. The molecule has 2 nitrogen and oxygen atoms in total. The first-order valence-electron chi connectivity index (χ1n) is 7.29. The van der Waals surface area contributed by atoms with Crippen LogP contribution in [0.2, 0.25) is 0 Å². The highest BCUT2D eigenvalue weighted by Crippen LogP contribution is 2.27. The van der Waals surface area contributed by atoms with Crippen molar-refractivity contribution in [1.82, 2.24) is 0 Å². The summed E-state index contributed by atoms with van der Waals surface area (Å²) in [6.45, 7) is 9.28. The molecule has 2 atom stereocenters. The predicted octanol–water partition coefficient (Wildman–Crippen LogP) is 4.77. The number of rotatable bonds is 11. The Labute approximate surface area is 108 Å². The van der Waals surface area contributed by atoms with E-state index in [0.29, 0.717) is 12.5 Å². The van der Waals surface area contributed by atoms with E-state index in [4.69, 9.17) is 9.47 Å². The molecule has 0 amide bonds. The van der Waals surface area contributed by atoms with Gasteiger partial charge in [-0.3, -0.25) is 0 Å². The predicted molar refractivity (Wildman–Crippen MR) is 74.2 cm³/mol. The summed E-state index contributed by atoms with van der Waals surface area (Å²) in [5, 5.41) is 0. The van der Waals surface area contributed by atoms with Gasteiger partial charge in [0.15, 0.2) is 5.79 Å². The van der Waals surface area contributed by atoms with Gasteiger partial charge in [0.05, 0.1) is 0 Å². The van der Waals surface area contributed by atoms with Crippen LogP contribution >= 0.6 is 0 Å². The summed E-state index contributed by atoms with van der Waals surface area (Å²) in [4.78, 5) is 0. The summed E-state index contributed by atoms with van der Waals surface area (Å²) in [6.07, 6.45) is 9.28. The zero-order valence-electron chi connectivity index (χ0n) is 12.6. The van der Waals surface area contributed by atoms with Gasteiger partial charge in [-0.1, -0.05) is 52.4 Å². The lowest BCUT2D eigenvalue weighted by Gasteiger charge is -2.34. The van der Waals surface area contributed by atoms with Crippen molar-refractivity contribution in [3.8, 4) is 0 Å². The molecule has 0 radical (unpaired) electrons. The maximum Gasteiger partial charge on any atom is 0.167 e. The lowest BCUT2D eigenvalue weighted by Crippen LogP contribution is -2.38. The molecule has 0 aromatic heterocycles. The Hall–Kier alpha value is -0.0800. The number of hydrogen-bond acceptors (Lipinski definition) is 2. The summed E-state index contributed by atoms with van der Waals surface area (Å²) < 4.78 is 11.2. The van der Waals surface area contributed by atoms with Crippen LogP contribution in [-0.4, -0.2) is 19.5 Å². The van der Waals surface area contributed by atoms with Crippen LogP contribution in [0.5, 0.6) is 0 Å². The van der Waals surface area contributed by atoms with Crippen molar-refractivity contribution in [2.75, 3.05) is 13.7 Å². The molecule has 2 heteroatoms. The highest BCUT2D eigenvalue weighted by Gasteiger charge is 2.30. The van der Waals surface area contributed by atoms with Crippen LogP contribution in [0.25, 0.3) is 0 Å². The second kappa shape index (κ2) is 9.90. The molecule has 0 aliphatic heterocycles. The van der Waals surface area contributed by atoms with E-state index in [-0.39, 0.29) is 0 Å². The third-order valence-corrected chi connectivity index (χ3v) is 3.72. The fraction of sp³-hybridized carbons (Fsp3) is 1.00. The molecule has 104 valence electrons. The van der Waals surface area contributed by atoms with Crippen LogP contribution in [0.4, 0.5) is 0 Å². The molecule has 2 unspecified atom stereocenters. The molecule has 0 rings (SSSR count). The van der Waals surface area contributed by atoms with E-state index < -0.39 is 5.79 Å². The van der Waals surface area contributed by atoms with Gasteiger partial charge in [-0.2, -0.15) is 0 Å². The van der Waals surface area contributed by atoms with Crippen LogP contribution < -0.4 is 0 Å². The molecule has 0 spiro atoms. The zero-order valence-corrected chi connectivity index (χ0v) is 12.6. The second-order valence-electron chi connectivity index (χ2n) is 5.11. The molecule has 0 bridgehead atoms. The molecule has 0 aliphatic carbocycles. The van der Waals surface area contributed by atoms with Crippen molar-refractivity contribution in [2.45, 2.75) is 78.4 Å². The van der Waals surface area contributed by atoms with Gasteiger partial charge < -0.3 is 9.47 Å². The maximum atomic E-state index is 5.71. The molecule has 0 saturated carbocycles. The Balaban J connectivity index is 3.71. The normalized spacial score (nSPS) is 16.8. The Kier molecular flexibility index (Phi) is 9.85. The Bertz CT molecular complexity index is 170. The van der Waals surface area contributed by atoms with Crippen molar-refractivity contribution in [3.05, 3.63) is 0 Å². The smallest absolute Gasteiger partial charge is 0.167 e. The van der Waals surface area contributed by atoms with Crippen LogP contribution in [-0.2, 0) is 9.47 Å². The molecular formula is C15H32O2. The molecule has 0 aliphatic rings. The van der Waals surface area contributed by atoms with Crippen LogP contribution in [0.3, 0.4) is 0 Å². The first-order valence-corrected chi connectivity index (χ1v) is 7.29. The van der Waals surface area contributed by atoms with Gasteiger partial charge >= 0.3 is 0 Å². The highest BCUT2D eigenvalue weighted by atomic mass is 16.7. The minimum absolute atomic E-state index is 0.405. The van der Waals surface area contributed by atoms with Crippen LogP contribution in [0.15, 0.2) is 0 Å². The molecule has 0 aromatic rings. The minimum Gasteiger partial charge on any atom is -0.353 e. The molecule has 0 N–H and O–H groups in total. The number of methoxy groups -OCH3 is 1. The van der Waals surface area contributed by atoms with Crippen molar-refractivity contribution >= 4 is 0 Å². The first-order chi connectivity index (χ1) is 8.10. The quantitative estimate of drug-likeness (QED) is 0.385. The maximum absolute atomic E-state index is 5.71. The van der Waals surface area contributed by atoms with Crippen LogP contribution in [0.1, 0.15) is 72.6 Å². The van der Waals surface area contributed by atoms with E-state index in [2.05, 4.69) is 20.8 Å². The van der Waals surface area contributed by atoms with Crippen molar-refractivity contribution in [1.29, 1.82) is 0 Å². The van der Waals surface area contributed by atoms with Gasteiger partial charge in [0.1, 0.15) is 0 Å². The first kappa shape index (κ1) is 16.9. The molecular weight excluding hydrogens is 212 g/mol. The second-order valence-corrected chi connectivity index (χ2v) is 5.11. The summed E-state index contributed by atoms with van der Waals surface area (Å²) >= 11 is 0. The van der Waals surface area contributed by atoms with E-state index in [9.17, 15) is 0 Å². The van der Waals surface area contributed by atoms with Gasteiger partial charge in [-0.25, -0.2) is 0 Å². The van der Waals surface area contributed by atoms with Gasteiger partial charge in [0.25, 0.3) is 0 Å². The summed E-state index contributed by atoms with van der Waals surface area (Å²) in [5.41, 5.74) is 0. The topological polar surface area (TPSA) is 18.5 Å². The van der Waals surface area contributed by atoms with E-state index in [1.807, 2.05) is 6.92 Å². The van der Waals surface area contributed by atoms with Gasteiger partial charge in [-0.05, 0) is 20.3 Å². The zero-order chi connectivity index (χ0) is 13.1. The summed E-state index contributed by atoms with van der Waals surface area (Å²) in [7, 11) is 1.74. The van der Waals surface area contributed by atoms with E-state index in [1.165, 1.54) is 44.9 Å². The highest BCUT2D eigenvalue weighted by molar-refractivity contribution is 4.71. The Morgan fingerprint density at radius 2 is 1.59 bits per heavy atom. The molecule has 0 saturated heterocycles. The molecule has 0 aromatic carbocycles. The number of unbranched alkanes of at least 4 members (excludes halogenated alkanes) is 5. The van der Waals surface area contributed by atoms with E-state index in [1.54, 1.807) is 7.11 Å². The van der Waals surface area contributed by atoms with Gasteiger partial charge in [0, 0.05) is 19.6 Å². The number of hydrogen-bond donors (Lipinski definition) is 0. The fourth-order valence-electron chi connectivity index (χ4n) is 2.18. The average molecular weight is 244 g/mol. The summed E-state index contributed by atoms with van der Waals surface area (Å²) in [6, 6.07) is 0. The number of ether oxygens (including phenoxy) is 2. The third-order valence-electron chi connectivity index (χ3n) is 3.72. The van der Waals surface area contributed by atoms with Crippen molar-refractivity contribution < 1.29 is 9.47 Å². The molecule has 0 fully saturated rings.